The number of hydrogen-bond acceptors (Lipinski definition) is 6. The second-order valence-electron chi connectivity index (χ2n) is 4.64. The molecule has 0 atom stereocenters. The molecular weight excluding hydrogens is 286 g/mol. The Bertz CT molecular complexity index is 711. The van der Waals surface area contributed by atoms with Gasteiger partial charge in [-0.1, -0.05) is 0 Å². The Labute approximate surface area is 128 Å². The lowest BCUT2D eigenvalue weighted by Gasteiger charge is -2.09. The number of nitrogens with zero attached hydrogens (tertiary/aromatic N) is 1. The lowest BCUT2D eigenvalue weighted by molar-refractivity contribution is -0.145. The summed E-state index contributed by atoms with van der Waals surface area (Å²) in [5.41, 5.74) is 1.57. The highest BCUT2D eigenvalue weighted by Crippen LogP contribution is 2.25. The summed E-state index contributed by atoms with van der Waals surface area (Å²) in [6, 6.07) is 6.93. The molecule has 0 aliphatic heterocycles. The fraction of sp³-hybridized carbons (Fsp3) is 0.312. The largest absolute Gasteiger partial charge is 0.466 e. The molecule has 0 aliphatic rings. The van der Waals surface area contributed by atoms with E-state index in [1.54, 1.807) is 25.1 Å². The van der Waals surface area contributed by atoms with E-state index in [1.165, 1.54) is 6.92 Å². The molecule has 0 saturated heterocycles. The zero-order chi connectivity index (χ0) is 16.1. The normalized spacial score (nSPS) is 10.3. The minimum absolute atomic E-state index is 0.199. The van der Waals surface area contributed by atoms with Gasteiger partial charge in [-0.3, -0.25) is 4.79 Å². The molecule has 0 fully saturated rings. The SMILES string of the molecule is CCOC(=O)COc1cc(C)c2ccc(OC(C)=O)cc2n1. The minimum atomic E-state index is -0.448. The Kier molecular flexibility index (Phi) is 4.93. The monoisotopic (exact) mass is 303 g/mol. The third-order valence-corrected chi connectivity index (χ3v) is 2.87. The highest BCUT2D eigenvalue weighted by Gasteiger charge is 2.09. The van der Waals surface area contributed by atoms with Crippen LogP contribution in [0.5, 0.6) is 11.6 Å². The van der Waals surface area contributed by atoms with Crippen molar-refractivity contribution in [3.63, 3.8) is 0 Å². The predicted octanol–water partition coefficient (Wildman–Crippen LogP) is 2.41. The van der Waals surface area contributed by atoms with Gasteiger partial charge in [0, 0.05) is 24.4 Å². The van der Waals surface area contributed by atoms with Crippen molar-refractivity contribution < 1.29 is 23.8 Å². The first kappa shape index (κ1) is 15.8. The van der Waals surface area contributed by atoms with Crippen LogP contribution in [-0.2, 0) is 14.3 Å². The van der Waals surface area contributed by atoms with Gasteiger partial charge in [0.25, 0.3) is 0 Å². The maximum absolute atomic E-state index is 11.3. The Hall–Kier alpha value is -2.63. The van der Waals surface area contributed by atoms with Crippen LogP contribution >= 0.6 is 0 Å². The van der Waals surface area contributed by atoms with E-state index in [1.807, 2.05) is 13.0 Å². The summed E-state index contributed by atoms with van der Waals surface area (Å²) in [5.74, 6) is -0.117. The van der Waals surface area contributed by atoms with Gasteiger partial charge in [-0.2, -0.15) is 0 Å². The Balaban J connectivity index is 2.25. The molecule has 1 aromatic heterocycles. The van der Waals surface area contributed by atoms with E-state index in [0.29, 0.717) is 23.8 Å². The number of carbonyl (C=O) groups excluding carboxylic acids is 2. The molecule has 0 aliphatic carbocycles. The average Bonchev–Trinajstić information content (AvgIpc) is 2.44. The molecule has 0 unspecified atom stereocenters. The number of pyridine rings is 1. The molecule has 0 amide bonds. The second-order valence-corrected chi connectivity index (χ2v) is 4.64. The number of esters is 2. The first-order valence-electron chi connectivity index (χ1n) is 6.88. The summed E-state index contributed by atoms with van der Waals surface area (Å²) in [6.45, 7) is 5.08. The molecule has 22 heavy (non-hydrogen) atoms. The zero-order valence-corrected chi connectivity index (χ0v) is 12.7. The van der Waals surface area contributed by atoms with Crippen molar-refractivity contribution in [2.24, 2.45) is 0 Å². The number of carbonyl (C=O) groups is 2. The van der Waals surface area contributed by atoms with Crippen LogP contribution in [0.25, 0.3) is 10.9 Å². The van der Waals surface area contributed by atoms with Gasteiger partial charge in [-0.25, -0.2) is 9.78 Å². The standard InChI is InChI=1S/C16H17NO5/c1-4-20-16(19)9-21-15-7-10(2)13-6-5-12(22-11(3)18)8-14(13)17-15/h5-8H,4,9H2,1-3H3. The number of benzene rings is 1. The molecule has 116 valence electrons. The van der Waals surface area contributed by atoms with Crippen LogP contribution in [0.3, 0.4) is 0 Å². The van der Waals surface area contributed by atoms with E-state index in [-0.39, 0.29) is 6.61 Å². The Morgan fingerprint density at radius 3 is 2.68 bits per heavy atom. The van der Waals surface area contributed by atoms with E-state index in [2.05, 4.69) is 4.98 Å². The molecule has 0 N–H and O–H groups in total. The van der Waals surface area contributed by atoms with Gasteiger partial charge in [-0.15, -0.1) is 0 Å². The molecular formula is C16H17NO5. The average molecular weight is 303 g/mol. The Morgan fingerprint density at radius 1 is 1.23 bits per heavy atom. The highest BCUT2D eigenvalue weighted by atomic mass is 16.6. The predicted molar refractivity (Wildman–Crippen MR) is 79.9 cm³/mol. The zero-order valence-electron chi connectivity index (χ0n) is 12.7. The van der Waals surface area contributed by atoms with Crippen LogP contribution in [-0.4, -0.2) is 30.1 Å². The minimum Gasteiger partial charge on any atom is -0.466 e. The summed E-state index contributed by atoms with van der Waals surface area (Å²) in [5, 5.41) is 0.916. The van der Waals surface area contributed by atoms with Crippen molar-refractivity contribution >= 4 is 22.8 Å². The fourth-order valence-electron chi connectivity index (χ4n) is 1.99. The molecule has 0 saturated carbocycles. The van der Waals surface area contributed by atoms with Crippen LogP contribution in [0.2, 0.25) is 0 Å². The quantitative estimate of drug-likeness (QED) is 0.624. The molecule has 2 rings (SSSR count). The molecule has 1 aromatic carbocycles. The summed E-state index contributed by atoms with van der Waals surface area (Å²) in [6.07, 6.45) is 0. The van der Waals surface area contributed by atoms with Gasteiger partial charge < -0.3 is 14.2 Å². The van der Waals surface area contributed by atoms with E-state index in [4.69, 9.17) is 14.2 Å². The molecule has 2 aromatic rings. The van der Waals surface area contributed by atoms with Gasteiger partial charge in [0.05, 0.1) is 12.1 Å². The lowest BCUT2D eigenvalue weighted by Crippen LogP contribution is -2.15. The van der Waals surface area contributed by atoms with Gasteiger partial charge >= 0.3 is 11.9 Å². The third kappa shape index (κ3) is 3.94. The first-order valence-corrected chi connectivity index (χ1v) is 6.88. The number of fused-ring (bicyclic) bond motifs is 1. The molecule has 1 heterocycles. The van der Waals surface area contributed by atoms with Crippen molar-refractivity contribution in [1.29, 1.82) is 0 Å². The van der Waals surface area contributed by atoms with E-state index < -0.39 is 11.9 Å². The Morgan fingerprint density at radius 2 is 2.00 bits per heavy atom. The molecule has 6 nitrogen and oxygen atoms in total. The molecule has 0 bridgehead atoms. The van der Waals surface area contributed by atoms with Crippen LogP contribution < -0.4 is 9.47 Å². The van der Waals surface area contributed by atoms with Crippen LogP contribution in [0.4, 0.5) is 0 Å². The van der Waals surface area contributed by atoms with Crippen molar-refractivity contribution in [1.82, 2.24) is 4.98 Å². The molecule has 0 spiro atoms. The van der Waals surface area contributed by atoms with E-state index in [0.717, 1.165) is 10.9 Å². The van der Waals surface area contributed by atoms with Gasteiger partial charge in [0.1, 0.15) is 5.75 Å². The van der Waals surface area contributed by atoms with Crippen LogP contribution in [0.15, 0.2) is 24.3 Å². The summed E-state index contributed by atoms with van der Waals surface area (Å²) < 4.78 is 15.2. The number of aromatic nitrogens is 1. The fourth-order valence-corrected chi connectivity index (χ4v) is 1.99. The van der Waals surface area contributed by atoms with E-state index in [9.17, 15) is 9.59 Å². The van der Waals surface area contributed by atoms with Crippen molar-refractivity contribution in [2.75, 3.05) is 13.2 Å². The maximum Gasteiger partial charge on any atom is 0.344 e. The van der Waals surface area contributed by atoms with Gasteiger partial charge in [0.15, 0.2) is 6.61 Å². The van der Waals surface area contributed by atoms with Gasteiger partial charge in [-0.05, 0) is 31.5 Å². The van der Waals surface area contributed by atoms with Crippen molar-refractivity contribution in [3.8, 4) is 11.6 Å². The lowest BCUT2D eigenvalue weighted by atomic mass is 10.1. The van der Waals surface area contributed by atoms with Crippen molar-refractivity contribution in [2.45, 2.75) is 20.8 Å². The number of hydrogen-bond donors (Lipinski definition) is 0. The molecule has 0 radical (unpaired) electrons. The summed E-state index contributed by atoms with van der Waals surface area (Å²) in [4.78, 5) is 26.6. The molecule has 6 heteroatoms. The van der Waals surface area contributed by atoms with Crippen LogP contribution in [0.1, 0.15) is 19.4 Å². The first-order chi connectivity index (χ1) is 10.5. The van der Waals surface area contributed by atoms with Crippen molar-refractivity contribution in [3.05, 3.63) is 29.8 Å². The number of rotatable bonds is 5. The topological polar surface area (TPSA) is 74.7 Å². The third-order valence-electron chi connectivity index (χ3n) is 2.87. The maximum atomic E-state index is 11.3. The highest BCUT2D eigenvalue weighted by molar-refractivity contribution is 5.84. The second kappa shape index (κ2) is 6.89. The summed E-state index contributed by atoms with van der Waals surface area (Å²) >= 11 is 0. The number of ether oxygens (including phenoxy) is 3. The smallest absolute Gasteiger partial charge is 0.344 e. The van der Waals surface area contributed by atoms with E-state index >= 15 is 0 Å². The van der Waals surface area contributed by atoms with Gasteiger partial charge in [0.2, 0.25) is 5.88 Å². The number of aryl methyl sites for hydroxylation is 1. The summed E-state index contributed by atoms with van der Waals surface area (Å²) in [7, 11) is 0. The van der Waals surface area contributed by atoms with Crippen LogP contribution in [0, 0.1) is 6.92 Å².